The van der Waals surface area contributed by atoms with E-state index >= 15 is 0 Å². The van der Waals surface area contributed by atoms with Crippen molar-refractivity contribution >= 4 is 21.7 Å². The van der Waals surface area contributed by atoms with Gasteiger partial charge in [-0.2, -0.15) is 0 Å². The predicted octanol–water partition coefficient (Wildman–Crippen LogP) is 3.47. The number of methoxy groups -OCH3 is 1. The summed E-state index contributed by atoms with van der Waals surface area (Å²) in [5.74, 6) is 1.95. The Bertz CT molecular complexity index is 542. The van der Waals surface area contributed by atoms with Crippen LogP contribution < -0.4 is 5.32 Å². The Labute approximate surface area is 120 Å². The fourth-order valence-corrected chi connectivity index (χ4v) is 2.00. The first-order valence-corrected chi connectivity index (χ1v) is 6.88. The average Bonchev–Trinajstić information content (AvgIpc) is 2.83. The van der Waals surface area contributed by atoms with E-state index in [4.69, 9.17) is 9.15 Å². The summed E-state index contributed by atoms with van der Waals surface area (Å²) in [6.45, 7) is 3.41. The number of furan rings is 1. The van der Waals surface area contributed by atoms with Crippen molar-refractivity contribution in [3.05, 3.63) is 28.6 Å². The molecular weight excluding hydrogens is 310 g/mol. The van der Waals surface area contributed by atoms with Crippen LogP contribution in [0, 0.1) is 0 Å². The summed E-state index contributed by atoms with van der Waals surface area (Å²) in [5, 5.41) is 3.25. The highest BCUT2D eigenvalue weighted by atomic mass is 79.9. The SMILES string of the molecule is CCCNc1cc(COC)nc(-c2occc2Br)n1. The van der Waals surface area contributed by atoms with Crippen LogP contribution in [0.2, 0.25) is 0 Å². The maximum absolute atomic E-state index is 5.40. The molecule has 5 nitrogen and oxygen atoms in total. The van der Waals surface area contributed by atoms with Crippen LogP contribution in [0.5, 0.6) is 0 Å². The number of rotatable bonds is 6. The third-order valence-electron chi connectivity index (χ3n) is 2.45. The van der Waals surface area contributed by atoms with E-state index in [0.717, 1.165) is 29.0 Å². The van der Waals surface area contributed by atoms with Crippen molar-refractivity contribution in [2.75, 3.05) is 19.0 Å². The van der Waals surface area contributed by atoms with Crippen LogP contribution in [0.15, 0.2) is 27.3 Å². The van der Waals surface area contributed by atoms with Gasteiger partial charge in [-0.1, -0.05) is 6.92 Å². The van der Waals surface area contributed by atoms with E-state index in [9.17, 15) is 0 Å². The highest BCUT2D eigenvalue weighted by molar-refractivity contribution is 9.10. The van der Waals surface area contributed by atoms with Crippen molar-refractivity contribution in [2.45, 2.75) is 20.0 Å². The minimum atomic E-state index is 0.439. The second-order valence-electron chi connectivity index (χ2n) is 4.03. The maximum atomic E-state index is 5.40. The van der Waals surface area contributed by atoms with Gasteiger partial charge >= 0.3 is 0 Å². The first kappa shape index (κ1) is 14.0. The number of nitrogens with zero attached hydrogens (tertiary/aromatic N) is 2. The molecule has 0 amide bonds. The number of halogens is 1. The molecule has 0 atom stereocenters. The molecule has 0 fully saturated rings. The van der Waals surface area contributed by atoms with Crippen LogP contribution in [-0.2, 0) is 11.3 Å². The highest BCUT2D eigenvalue weighted by Crippen LogP contribution is 2.27. The summed E-state index contributed by atoms with van der Waals surface area (Å²) in [4.78, 5) is 8.89. The van der Waals surface area contributed by atoms with E-state index in [2.05, 4.69) is 38.1 Å². The van der Waals surface area contributed by atoms with E-state index < -0.39 is 0 Å². The van der Waals surface area contributed by atoms with Crippen molar-refractivity contribution in [3.63, 3.8) is 0 Å². The minimum Gasteiger partial charge on any atom is -0.460 e. The average molecular weight is 326 g/mol. The summed E-state index contributed by atoms with van der Waals surface area (Å²) in [7, 11) is 1.64. The van der Waals surface area contributed by atoms with Gasteiger partial charge in [-0.25, -0.2) is 9.97 Å². The zero-order valence-electron chi connectivity index (χ0n) is 10.9. The Kier molecular flexibility index (Phi) is 4.93. The van der Waals surface area contributed by atoms with Gasteiger partial charge in [0.15, 0.2) is 11.6 Å². The summed E-state index contributed by atoms with van der Waals surface area (Å²) in [5.41, 5.74) is 0.814. The van der Waals surface area contributed by atoms with Crippen molar-refractivity contribution < 1.29 is 9.15 Å². The van der Waals surface area contributed by atoms with E-state index in [1.807, 2.05) is 12.1 Å². The van der Waals surface area contributed by atoms with Gasteiger partial charge < -0.3 is 14.5 Å². The second-order valence-corrected chi connectivity index (χ2v) is 4.88. The van der Waals surface area contributed by atoms with Gasteiger partial charge in [0.2, 0.25) is 0 Å². The molecule has 0 saturated heterocycles. The number of nitrogens with one attached hydrogen (secondary N) is 1. The quantitative estimate of drug-likeness (QED) is 0.881. The molecule has 0 bridgehead atoms. The van der Waals surface area contributed by atoms with Gasteiger partial charge in [0.1, 0.15) is 5.82 Å². The number of hydrogen-bond acceptors (Lipinski definition) is 5. The molecule has 0 aliphatic rings. The Morgan fingerprint density at radius 2 is 2.26 bits per heavy atom. The van der Waals surface area contributed by atoms with E-state index in [1.165, 1.54) is 0 Å². The lowest BCUT2D eigenvalue weighted by Gasteiger charge is -2.08. The lowest BCUT2D eigenvalue weighted by molar-refractivity contribution is 0.181. The minimum absolute atomic E-state index is 0.439. The number of hydrogen-bond donors (Lipinski definition) is 1. The molecule has 6 heteroatoms. The van der Waals surface area contributed by atoms with Crippen LogP contribution in [-0.4, -0.2) is 23.6 Å². The topological polar surface area (TPSA) is 60.2 Å². The smallest absolute Gasteiger partial charge is 0.199 e. The standard InChI is InChI=1S/C13H16BrN3O2/c1-3-5-15-11-7-9(8-18-2)16-13(17-11)12-10(14)4-6-19-12/h4,6-7H,3,5,8H2,1-2H3,(H,15,16,17). The molecule has 0 unspecified atom stereocenters. The molecule has 0 saturated carbocycles. The van der Waals surface area contributed by atoms with E-state index in [-0.39, 0.29) is 0 Å². The first-order valence-electron chi connectivity index (χ1n) is 6.08. The van der Waals surface area contributed by atoms with E-state index in [1.54, 1.807) is 13.4 Å². The summed E-state index contributed by atoms with van der Waals surface area (Å²) in [6, 6.07) is 3.71. The molecule has 0 aromatic carbocycles. The number of ether oxygens (including phenoxy) is 1. The fraction of sp³-hybridized carbons (Fsp3) is 0.385. The maximum Gasteiger partial charge on any atom is 0.199 e. The molecule has 2 aromatic heterocycles. The third-order valence-corrected chi connectivity index (χ3v) is 3.07. The van der Waals surface area contributed by atoms with Crippen molar-refractivity contribution in [1.29, 1.82) is 0 Å². The Morgan fingerprint density at radius 3 is 2.89 bits per heavy atom. The zero-order valence-corrected chi connectivity index (χ0v) is 12.5. The summed E-state index contributed by atoms with van der Waals surface area (Å²) in [6.07, 6.45) is 2.63. The normalized spacial score (nSPS) is 10.7. The van der Waals surface area contributed by atoms with Crippen molar-refractivity contribution in [1.82, 2.24) is 9.97 Å². The molecule has 0 radical (unpaired) electrons. The predicted molar refractivity (Wildman–Crippen MR) is 76.9 cm³/mol. The van der Waals surface area contributed by atoms with Gasteiger partial charge in [-0.15, -0.1) is 0 Å². The highest BCUT2D eigenvalue weighted by Gasteiger charge is 2.12. The second kappa shape index (κ2) is 6.68. The molecule has 2 rings (SSSR count). The summed E-state index contributed by atoms with van der Waals surface area (Å²) >= 11 is 3.42. The molecule has 2 heterocycles. The Balaban J connectivity index is 2.36. The molecule has 19 heavy (non-hydrogen) atoms. The molecule has 0 aliphatic carbocycles. The van der Waals surface area contributed by atoms with Crippen LogP contribution in [0.1, 0.15) is 19.0 Å². The largest absolute Gasteiger partial charge is 0.460 e. The van der Waals surface area contributed by atoms with Crippen LogP contribution in [0.4, 0.5) is 5.82 Å². The van der Waals surface area contributed by atoms with Gasteiger partial charge in [-0.3, -0.25) is 0 Å². The van der Waals surface area contributed by atoms with Gasteiger partial charge in [0.05, 0.1) is 23.0 Å². The Morgan fingerprint density at radius 1 is 1.42 bits per heavy atom. The third kappa shape index (κ3) is 3.54. The first-order chi connectivity index (χ1) is 9.24. The van der Waals surface area contributed by atoms with E-state index in [0.29, 0.717) is 18.2 Å². The lowest BCUT2D eigenvalue weighted by atomic mass is 10.3. The zero-order chi connectivity index (χ0) is 13.7. The molecule has 1 N–H and O–H groups in total. The number of anilines is 1. The van der Waals surface area contributed by atoms with Crippen LogP contribution in [0.25, 0.3) is 11.6 Å². The van der Waals surface area contributed by atoms with Crippen LogP contribution in [0.3, 0.4) is 0 Å². The molecular formula is C13H16BrN3O2. The monoisotopic (exact) mass is 325 g/mol. The summed E-state index contributed by atoms with van der Waals surface area (Å²) < 4.78 is 11.4. The van der Waals surface area contributed by atoms with Crippen LogP contribution >= 0.6 is 15.9 Å². The molecule has 0 spiro atoms. The van der Waals surface area contributed by atoms with Crippen molar-refractivity contribution in [3.8, 4) is 11.6 Å². The van der Waals surface area contributed by atoms with Crippen molar-refractivity contribution in [2.24, 2.45) is 0 Å². The van der Waals surface area contributed by atoms with Gasteiger partial charge in [0, 0.05) is 19.7 Å². The molecule has 102 valence electrons. The number of aromatic nitrogens is 2. The van der Waals surface area contributed by atoms with Gasteiger partial charge in [0.25, 0.3) is 0 Å². The Hall–Kier alpha value is -1.40. The van der Waals surface area contributed by atoms with Gasteiger partial charge in [-0.05, 0) is 28.4 Å². The lowest BCUT2D eigenvalue weighted by Crippen LogP contribution is -2.06. The fourth-order valence-electron chi connectivity index (χ4n) is 1.62. The molecule has 2 aromatic rings. The molecule has 0 aliphatic heterocycles.